The van der Waals surface area contributed by atoms with E-state index in [0.717, 1.165) is 24.9 Å². The van der Waals surface area contributed by atoms with Gasteiger partial charge in [-0.2, -0.15) is 0 Å². The Morgan fingerprint density at radius 2 is 1.96 bits per heavy atom. The largest absolute Gasteiger partial charge is 0.481 e. The van der Waals surface area contributed by atoms with Crippen LogP contribution in [0.1, 0.15) is 25.3 Å². The van der Waals surface area contributed by atoms with Crippen LogP contribution in [0, 0.1) is 0 Å². The summed E-state index contributed by atoms with van der Waals surface area (Å²) in [5.74, 6) is 0.674. The van der Waals surface area contributed by atoms with Crippen LogP contribution in [0.2, 0.25) is 5.02 Å². The maximum Gasteiger partial charge on any atom is 0.263 e. The van der Waals surface area contributed by atoms with Crippen molar-refractivity contribution in [2.75, 3.05) is 13.1 Å². The summed E-state index contributed by atoms with van der Waals surface area (Å²) >= 11 is 6.31. The van der Waals surface area contributed by atoms with E-state index in [1.165, 1.54) is 0 Å². The highest BCUT2D eigenvalue weighted by Gasteiger charge is 2.26. The van der Waals surface area contributed by atoms with Crippen LogP contribution < -0.4 is 10.1 Å². The minimum Gasteiger partial charge on any atom is -0.481 e. The molecular formula is C21H25ClN2O2. The number of para-hydroxylation sites is 1. The van der Waals surface area contributed by atoms with E-state index in [1.807, 2.05) is 59.5 Å². The highest BCUT2D eigenvalue weighted by molar-refractivity contribution is 6.31. The smallest absolute Gasteiger partial charge is 0.263 e. The Bertz CT molecular complexity index is 717. The summed E-state index contributed by atoms with van der Waals surface area (Å²) in [6.45, 7) is 3.96. The number of ether oxygens (including phenoxy) is 1. The van der Waals surface area contributed by atoms with E-state index in [1.54, 1.807) is 6.92 Å². The Hall–Kier alpha value is -2.04. The van der Waals surface area contributed by atoms with Gasteiger partial charge in [-0.25, -0.2) is 0 Å². The van der Waals surface area contributed by atoms with Crippen LogP contribution >= 0.6 is 11.6 Å². The molecule has 138 valence electrons. The number of benzene rings is 2. The summed E-state index contributed by atoms with van der Waals surface area (Å²) in [7, 11) is 0. The topological polar surface area (TPSA) is 41.6 Å². The average molecular weight is 373 g/mol. The van der Waals surface area contributed by atoms with E-state index < -0.39 is 6.10 Å². The lowest BCUT2D eigenvalue weighted by Crippen LogP contribution is -2.45. The third-order valence-electron chi connectivity index (χ3n) is 4.64. The molecule has 1 amide bonds. The van der Waals surface area contributed by atoms with Gasteiger partial charge in [-0.1, -0.05) is 48.0 Å². The quantitative estimate of drug-likeness (QED) is 0.801. The maximum atomic E-state index is 13.1. The molecule has 0 saturated carbocycles. The van der Waals surface area contributed by atoms with E-state index in [4.69, 9.17) is 16.3 Å². The summed E-state index contributed by atoms with van der Waals surface area (Å²) in [5, 5.41) is 4.15. The van der Waals surface area contributed by atoms with Crippen LogP contribution in [0.25, 0.3) is 0 Å². The fraction of sp³-hybridized carbons (Fsp3) is 0.381. The molecule has 0 aromatic heterocycles. The van der Waals surface area contributed by atoms with Gasteiger partial charge in [0, 0.05) is 24.2 Å². The fourth-order valence-corrected chi connectivity index (χ4v) is 3.45. The molecule has 5 heteroatoms. The SMILES string of the molecule is CC(Oc1ccccc1)C(=O)N(Cc1ccccc1Cl)C[C@H]1CCCN1. The highest BCUT2D eigenvalue weighted by Crippen LogP contribution is 2.20. The number of halogens is 1. The van der Waals surface area contributed by atoms with Crippen molar-refractivity contribution >= 4 is 17.5 Å². The monoisotopic (exact) mass is 372 g/mol. The molecule has 0 aliphatic carbocycles. The number of carbonyl (C=O) groups is 1. The van der Waals surface area contributed by atoms with Crippen LogP contribution in [0.15, 0.2) is 54.6 Å². The van der Waals surface area contributed by atoms with Crippen molar-refractivity contribution in [1.82, 2.24) is 10.2 Å². The molecular weight excluding hydrogens is 348 g/mol. The summed E-state index contributed by atoms with van der Waals surface area (Å²) in [6.07, 6.45) is 1.68. The lowest BCUT2D eigenvalue weighted by atomic mass is 10.1. The van der Waals surface area contributed by atoms with Gasteiger partial charge in [-0.3, -0.25) is 4.79 Å². The Kier molecular flexibility index (Phi) is 6.53. The van der Waals surface area contributed by atoms with Gasteiger partial charge < -0.3 is 15.0 Å². The molecule has 1 unspecified atom stereocenters. The second-order valence-corrected chi connectivity index (χ2v) is 7.08. The van der Waals surface area contributed by atoms with Crippen molar-refractivity contribution < 1.29 is 9.53 Å². The van der Waals surface area contributed by atoms with Gasteiger partial charge in [0.2, 0.25) is 0 Å². The molecule has 1 fully saturated rings. The number of hydrogen-bond acceptors (Lipinski definition) is 3. The van der Waals surface area contributed by atoms with Crippen molar-refractivity contribution in [1.29, 1.82) is 0 Å². The summed E-state index contributed by atoms with van der Waals surface area (Å²) in [5.41, 5.74) is 0.951. The first-order valence-electron chi connectivity index (χ1n) is 9.11. The van der Waals surface area contributed by atoms with Crippen LogP contribution in [0.3, 0.4) is 0 Å². The van der Waals surface area contributed by atoms with Crippen LogP contribution in [0.4, 0.5) is 0 Å². The second kappa shape index (κ2) is 9.06. The Morgan fingerprint density at radius 3 is 2.65 bits per heavy atom. The van der Waals surface area contributed by atoms with Gasteiger partial charge in [-0.15, -0.1) is 0 Å². The van der Waals surface area contributed by atoms with E-state index in [0.29, 0.717) is 29.9 Å². The molecule has 1 aliphatic heterocycles. The first-order chi connectivity index (χ1) is 12.6. The van der Waals surface area contributed by atoms with E-state index in [2.05, 4.69) is 5.32 Å². The molecule has 1 aliphatic rings. The van der Waals surface area contributed by atoms with Gasteiger partial charge >= 0.3 is 0 Å². The molecule has 1 heterocycles. The van der Waals surface area contributed by atoms with E-state index in [-0.39, 0.29) is 5.91 Å². The molecule has 0 spiro atoms. The second-order valence-electron chi connectivity index (χ2n) is 6.68. The molecule has 0 radical (unpaired) electrons. The Labute approximate surface area is 160 Å². The van der Waals surface area contributed by atoms with E-state index in [9.17, 15) is 4.79 Å². The van der Waals surface area contributed by atoms with Gasteiger partial charge in [0.15, 0.2) is 6.10 Å². The third kappa shape index (κ3) is 4.99. The van der Waals surface area contributed by atoms with Gasteiger partial charge in [0.05, 0.1) is 0 Å². The van der Waals surface area contributed by atoms with Gasteiger partial charge in [-0.05, 0) is 50.1 Å². The molecule has 26 heavy (non-hydrogen) atoms. The third-order valence-corrected chi connectivity index (χ3v) is 5.01. The lowest BCUT2D eigenvalue weighted by Gasteiger charge is -2.29. The lowest BCUT2D eigenvalue weighted by molar-refractivity contribution is -0.139. The molecule has 1 N–H and O–H groups in total. The number of hydrogen-bond donors (Lipinski definition) is 1. The predicted molar refractivity (Wildman–Crippen MR) is 104 cm³/mol. The molecule has 3 rings (SSSR count). The number of nitrogens with zero attached hydrogens (tertiary/aromatic N) is 1. The van der Waals surface area contributed by atoms with Crippen LogP contribution in [0.5, 0.6) is 5.75 Å². The zero-order chi connectivity index (χ0) is 18.4. The normalized spacial score (nSPS) is 17.7. The molecule has 2 aromatic carbocycles. The van der Waals surface area contributed by atoms with Gasteiger partial charge in [0.25, 0.3) is 5.91 Å². The first-order valence-corrected chi connectivity index (χ1v) is 9.48. The summed E-state index contributed by atoms with van der Waals surface area (Å²) < 4.78 is 5.84. The van der Waals surface area contributed by atoms with E-state index >= 15 is 0 Å². The van der Waals surface area contributed by atoms with Crippen molar-refractivity contribution in [2.45, 2.75) is 38.5 Å². The Morgan fingerprint density at radius 1 is 1.23 bits per heavy atom. The number of amides is 1. The minimum atomic E-state index is -0.554. The zero-order valence-corrected chi connectivity index (χ0v) is 15.8. The predicted octanol–water partition coefficient (Wildman–Crippen LogP) is 3.89. The molecule has 2 atom stereocenters. The summed E-state index contributed by atoms with van der Waals surface area (Å²) in [6, 6.07) is 17.4. The van der Waals surface area contributed by atoms with Crippen molar-refractivity contribution in [3.05, 3.63) is 65.2 Å². The molecule has 2 aromatic rings. The first kappa shape index (κ1) is 18.7. The standard InChI is InChI=1S/C21H25ClN2O2/c1-16(26-19-10-3-2-4-11-19)21(25)24(15-18-9-7-13-23-18)14-17-8-5-6-12-20(17)22/h2-6,8,10-12,16,18,23H,7,9,13-15H2,1H3/t16?,18-/m1/s1. The average Bonchev–Trinajstić information content (AvgIpc) is 3.16. The van der Waals surface area contributed by atoms with Crippen LogP contribution in [-0.2, 0) is 11.3 Å². The van der Waals surface area contributed by atoms with Crippen molar-refractivity contribution in [3.8, 4) is 5.75 Å². The summed E-state index contributed by atoms with van der Waals surface area (Å²) in [4.78, 5) is 14.9. The maximum absolute atomic E-state index is 13.1. The molecule has 4 nitrogen and oxygen atoms in total. The zero-order valence-electron chi connectivity index (χ0n) is 15.0. The van der Waals surface area contributed by atoms with Gasteiger partial charge in [0.1, 0.15) is 5.75 Å². The number of nitrogens with one attached hydrogen (secondary N) is 1. The minimum absolute atomic E-state index is 0.0255. The van der Waals surface area contributed by atoms with Crippen molar-refractivity contribution in [2.24, 2.45) is 0 Å². The Balaban J connectivity index is 1.72. The molecule has 1 saturated heterocycles. The van der Waals surface area contributed by atoms with Crippen LogP contribution in [-0.4, -0.2) is 36.0 Å². The number of rotatable bonds is 7. The highest BCUT2D eigenvalue weighted by atomic mass is 35.5. The van der Waals surface area contributed by atoms with Crippen molar-refractivity contribution in [3.63, 3.8) is 0 Å². The number of carbonyl (C=O) groups excluding carboxylic acids is 1. The molecule has 0 bridgehead atoms. The fourth-order valence-electron chi connectivity index (χ4n) is 3.25.